The van der Waals surface area contributed by atoms with E-state index < -0.39 is 5.41 Å². The van der Waals surface area contributed by atoms with E-state index in [1.165, 1.54) is 39.5 Å². The van der Waals surface area contributed by atoms with Crippen LogP contribution in [-0.4, -0.2) is 20.9 Å². The van der Waals surface area contributed by atoms with Gasteiger partial charge in [-0.25, -0.2) is 0 Å². The van der Waals surface area contributed by atoms with Crippen LogP contribution in [0.1, 0.15) is 144 Å². The summed E-state index contributed by atoms with van der Waals surface area (Å²) >= 11 is 0. The Morgan fingerprint density at radius 1 is 0.603 bits per heavy atom. The molecule has 5 aromatic rings. The van der Waals surface area contributed by atoms with Gasteiger partial charge in [-0.05, 0) is 61.9 Å². The van der Waals surface area contributed by atoms with Crippen molar-refractivity contribution in [2.45, 2.75) is 132 Å². The number of pyridine rings is 2. The van der Waals surface area contributed by atoms with Crippen LogP contribution in [0.25, 0.3) is 22.5 Å². The number of allylic oxidation sites excluding steroid dienone is 2. The molecule has 0 atom stereocenters. The first-order valence-corrected chi connectivity index (χ1v) is 20.2. The van der Waals surface area contributed by atoms with Gasteiger partial charge in [-0.15, -0.1) is 70.3 Å². The van der Waals surface area contributed by atoms with Gasteiger partial charge in [0.05, 0.1) is 0 Å². The molecule has 0 unspecified atom stereocenters. The molecule has 311 valence electrons. The van der Waals surface area contributed by atoms with Gasteiger partial charge < -0.3 is 15.1 Å². The zero-order chi connectivity index (χ0) is 42.8. The second kappa shape index (κ2) is 18.0. The maximum absolute atomic E-state index is 11.5. The van der Waals surface area contributed by atoms with Crippen LogP contribution < -0.4 is 0 Å². The first-order valence-electron chi connectivity index (χ1n) is 20.2. The number of carbonyl (C=O) groups is 1. The molecule has 5 heteroatoms. The van der Waals surface area contributed by atoms with Crippen molar-refractivity contribution in [3.8, 4) is 22.5 Å². The van der Waals surface area contributed by atoms with Crippen molar-refractivity contribution in [2.75, 3.05) is 0 Å². The van der Waals surface area contributed by atoms with Gasteiger partial charge in [-0.3, -0.25) is 4.79 Å². The van der Waals surface area contributed by atoms with E-state index in [4.69, 9.17) is 0 Å². The average molecular weight is 955 g/mol. The van der Waals surface area contributed by atoms with E-state index in [1.54, 1.807) is 0 Å². The molecule has 0 saturated carbocycles. The van der Waals surface area contributed by atoms with Gasteiger partial charge in [0.1, 0.15) is 5.76 Å². The number of ketones is 1. The Kier molecular flexibility index (Phi) is 14.9. The van der Waals surface area contributed by atoms with Crippen molar-refractivity contribution in [2.24, 2.45) is 10.8 Å². The monoisotopic (exact) mass is 955 g/mol. The van der Waals surface area contributed by atoms with Crippen LogP contribution in [0.3, 0.4) is 0 Å². The third-order valence-corrected chi connectivity index (χ3v) is 10.8. The molecule has 0 saturated heterocycles. The van der Waals surface area contributed by atoms with Crippen LogP contribution in [0.5, 0.6) is 0 Å². The van der Waals surface area contributed by atoms with Crippen molar-refractivity contribution >= 4 is 5.78 Å². The molecule has 1 radical (unpaired) electrons. The maximum Gasteiger partial charge on any atom is 0.164 e. The summed E-state index contributed by atoms with van der Waals surface area (Å²) in [4.78, 5) is 20.6. The van der Waals surface area contributed by atoms with Crippen LogP contribution in [0, 0.1) is 23.0 Å². The van der Waals surface area contributed by atoms with Crippen LogP contribution in [0.2, 0.25) is 0 Å². The molecule has 3 aromatic carbocycles. The van der Waals surface area contributed by atoms with Crippen molar-refractivity contribution in [1.29, 1.82) is 0 Å². The summed E-state index contributed by atoms with van der Waals surface area (Å²) in [7, 11) is 0. The Labute approximate surface area is 364 Å². The second-order valence-corrected chi connectivity index (χ2v) is 20.5. The Balaban J connectivity index is 0.000000242. The third kappa shape index (κ3) is 11.3. The van der Waals surface area contributed by atoms with Crippen molar-refractivity contribution < 1.29 is 30.0 Å². The predicted molar refractivity (Wildman–Crippen MR) is 240 cm³/mol. The molecule has 2 heterocycles. The number of nitrogens with zero attached hydrogens (tertiary/aromatic N) is 2. The zero-order valence-corrected chi connectivity index (χ0v) is 40.3. The molecule has 1 N–H and O–H groups in total. The Bertz CT molecular complexity index is 2150. The minimum atomic E-state index is -0.417. The Morgan fingerprint density at radius 2 is 1.14 bits per heavy atom. The Morgan fingerprint density at radius 3 is 1.67 bits per heavy atom. The van der Waals surface area contributed by atoms with Crippen LogP contribution >= 0.6 is 0 Å². The van der Waals surface area contributed by atoms with E-state index in [2.05, 4.69) is 158 Å². The number of hydrogen-bond acceptors (Lipinski definition) is 4. The first kappa shape index (κ1) is 48.2. The fourth-order valence-corrected chi connectivity index (χ4v) is 6.92. The molecule has 6 rings (SSSR count). The summed E-state index contributed by atoms with van der Waals surface area (Å²) in [5.74, 6) is 0.104. The molecule has 0 spiro atoms. The van der Waals surface area contributed by atoms with E-state index in [0.717, 1.165) is 22.5 Å². The van der Waals surface area contributed by atoms with Gasteiger partial charge in [-0.1, -0.05) is 153 Å². The van der Waals surface area contributed by atoms with Gasteiger partial charge in [0.2, 0.25) is 0 Å². The standard InChI is InChI=1S/C23H22N.C19H24N.C11H20O2.Ir/c1-22(2)17-11-5-6-12-18(17)23(3,4)21-16(10-9-13-19(21)22)20-14-7-8-15-24-20;1-18(2,3)15-9-7-8-14(12-15)17-13-16(10-11-20-17)19(4,5)6;1-10(2,3)8(12)7-9(13)11(4,5)6;/h5-9,11-15H,1-4H3;7,9-13H,1-6H3;7,12H,1-6H3;/q2*-1;;/b;;8-7-;. The number of hydrogen-bond donors (Lipinski definition) is 1. The minimum Gasteiger partial charge on any atom is -0.512 e. The summed E-state index contributed by atoms with van der Waals surface area (Å²) in [6.45, 7) is 33.7. The maximum atomic E-state index is 11.5. The fourth-order valence-electron chi connectivity index (χ4n) is 6.92. The number of fused-ring (bicyclic) bond motifs is 2. The second-order valence-electron chi connectivity index (χ2n) is 20.5. The SMILES string of the molecule is CC(C)(C)C(=O)/C=C(\O)C(C)(C)C.CC(C)(C)c1cc[c-]c(-c2cc(C(C)(C)C)ccn2)c1.CC1(C)c2ccccc2C(C)(C)c2c(-c3ccccn3)[c-]ccc21.[Ir]. The van der Waals surface area contributed by atoms with Gasteiger partial charge >= 0.3 is 0 Å². The van der Waals surface area contributed by atoms with E-state index in [0.29, 0.717) is 0 Å². The van der Waals surface area contributed by atoms with Crippen molar-refractivity contribution in [3.63, 3.8) is 0 Å². The quantitative estimate of drug-likeness (QED) is 0.111. The topological polar surface area (TPSA) is 63.1 Å². The molecule has 4 nitrogen and oxygen atoms in total. The molecular weight excluding hydrogens is 889 g/mol. The van der Waals surface area contributed by atoms with E-state index in [-0.39, 0.29) is 58.7 Å². The molecule has 0 amide bonds. The van der Waals surface area contributed by atoms with Gasteiger partial charge in [-0.2, -0.15) is 0 Å². The summed E-state index contributed by atoms with van der Waals surface area (Å²) in [6, 6.07) is 36.6. The van der Waals surface area contributed by atoms with E-state index in [1.807, 2.05) is 72.1 Å². The molecule has 1 aliphatic rings. The average Bonchev–Trinajstić information content (AvgIpc) is 3.13. The molecule has 0 bridgehead atoms. The molecule has 0 fully saturated rings. The summed E-state index contributed by atoms with van der Waals surface area (Å²) in [6.07, 6.45) is 5.09. The van der Waals surface area contributed by atoms with Gasteiger partial charge in [0.15, 0.2) is 5.78 Å². The number of aromatic nitrogens is 2. The van der Waals surface area contributed by atoms with Gasteiger partial charge in [0, 0.05) is 49.4 Å². The van der Waals surface area contributed by atoms with Crippen LogP contribution in [-0.2, 0) is 46.6 Å². The molecule has 58 heavy (non-hydrogen) atoms. The number of benzene rings is 3. The number of aliphatic hydroxyl groups is 1. The van der Waals surface area contributed by atoms with Crippen LogP contribution in [0.15, 0.2) is 109 Å². The third-order valence-electron chi connectivity index (χ3n) is 10.8. The fraction of sp³-hybridized carbons (Fsp3) is 0.415. The summed E-state index contributed by atoms with van der Waals surface area (Å²) < 4.78 is 0. The minimum absolute atomic E-state index is 0. The number of aliphatic hydroxyl groups excluding tert-OH is 1. The smallest absolute Gasteiger partial charge is 0.164 e. The van der Waals surface area contributed by atoms with Crippen molar-refractivity contribution in [3.05, 3.63) is 155 Å². The normalized spacial score (nSPS) is 14.6. The predicted octanol–water partition coefficient (Wildman–Crippen LogP) is 13.7. The van der Waals surface area contributed by atoms with Crippen LogP contribution in [0.4, 0.5) is 0 Å². The van der Waals surface area contributed by atoms with Gasteiger partial charge in [0.25, 0.3) is 0 Å². The van der Waals surface area contributed by atoms with E-state index >= 15 is 0 Å². The number of rotatable bonds is 3. The first-order chi connectivity index (χ1) is 26.2. The van der Waals surface area contributed by atoms with Crippen molar-refractivity contribution in [1.82, 2.24) is 9.97 Å². The summed E-state index contributed by atoms with van der Waals surface area (Å²) in [5, 5.41) is 9.56. The summed E-state index contributed by atoms with van der Waals surface area (Å²) in [5.41, 5.74) is 11.8. The Hall–Kier alpha value is -4.18. The molecule has 2 aromatic heterocycles. The number of carbonyl (C=O) groups excluding carboxylic acids is 1. The zero-order valence-electron chi connectivity index (χ0n) is 37.9. The molecule has 0 aliphatic heterocycles. The van der Waals surface area contributed by atoms with E-state index in [9.17, 15) is 9.90 Å². The largest absolute Gasteiger partial charge is 0.512 e. The molecular formula is C53H66IrN2O2-2. The molecule has 1 aliphatic carbocycles.